The molecule has 0 bridgehead atoms. The van der Waals surface area contributed by atoms with Gasteiger partial charge < -0.3 is 9.52 Å². The molecule has 0 fully saturated rings. The van der Waals surface area contributed by atoms with Crippen LogP contribution in [-0.2, 0) is 6.18 Å². The molecule has 6 heteroatoms. The van der Waals surface area contributed by atoms with E-state index in [1.54, 1.807) is 0 Å². The Morgan fingerprint density at radius 1 is 1.25 bits per heavy atom. The Bertz CT molecular complexity index is 505. The van der Waals surface area contributed by atoms with Crippen LogP contribution < -0.4 is 0 Å². The van der Waals surface area contributed by atoms with Gasteiger partial charge in [0.2, 0.25) is 0 Å². The summed E-state index contributed by atoms with van der Waals surface area (Å²) in [6, 6.07) is 5.75. The van der Waals surface area contributed by atoms with Gasteiger partial charge in [0.25, 0.3) is 0 Å². The van der Waals surface area contributed by atoms with Crippen molar-refractivity contribution in [3.8, 4) is 17.0 Å². The summed E-state index contributed by atoms with van der Waals surface area (Å²) >= 11 is 0. The molecule has 3 nitrogen and oxygen atoms in total. The van der Waals surface area contributed by atoms with Gasteiger partial charge in [-0.1, -0.05) is 12.1 Å². The fraction of sp³-hybridized carbons (Fsp3) is 0.100. The molecule has 1 aromatic carbocycles. The molecule has 1 aromatic heterocycles. The van der Waals surface area contributed by atoms with E-state index in [1.165, 1.54) is 24.3 Å². The number of nitrogens with zero attached hydrogens (tertiary/aromatic N) is 1. The molecule has 0 aliphatic heterocycles. The summed E-state index contributed by atoms with van der Waals surface area (Å²) in [5.74, 6) is -1.35. The van der Waals surface area contributed by atoms with E-state index in [4.69, 9.17) is 5.11 Å². The van der Waals surface area contributed by atoms with Crippen molar-refractivity contribution in [2.24, 2.45) is 0 Å². The van der Waals surface area contributed by atoms with Crippen molar-refractivity contribution in [2.75, 3.05) is 0 Å². The van der Waals surface area contributed by atoms with Crippen LogP contribution in [0.3, 0.4) is 0 Å². The summed E-state index contributed by atoms with van der Waals surface area (Å²) in [6.45, 7) is 0. The standard InChI is InChI=1S/C10H6F3NO2/c11-10(12,13)9-14-8(5-16-9)6-2-1-3-7(15)4-6/h1-5,15H. The number of phenols is 1. The van der Waals surface area contributed by atoms with E-state index in [-0.39, 0.29) is 11.4 Å². The van der Waals surface area contributed by atoms with Crippen molar-refractivity contribution in [3.63, 3.8) is 0 Å². The molecular weight excluding hydrogens is 223 g/mol. The number of rotatable bonds is 1. The highest BCUT2D eigenvalue weighted by Crippen LogP contribution is 2.31. The lowest BCUT2D eigenvalue weighted by atomic mass is 10.2. The monoisotopic (exact) mass is 229 g/mol. The van der Waals surface area contributed by atoms with Crippen LogP contribution in [0, 0.1) is 0 Å². The van der Waals surface area contributed by atoms with Crippen molar-refractivity contribution >= 4 is 0 Å². The molecule has 2 rings (SSSR count). The first-order valence-corrected chi connectivity index (χ1v) is 4.29. The number of hydrogen-bond donors (Lipinski definition) is 1. The van der Waals surface area contributed by atoms with Gasteiger partial charge in [-0.3, -0.25) is 0 Å². The van der Waals surface area contributed by atoms with Crippen LogP contribution >= 0.6 is 0 Å². The van der Waals surface area contributed by atoms with Crippen LogP contribution in [0.15, 0.2) is 34.9 Å². The van der Waals surface area contributed by atoms with E-state index >= 15 is 0 Å². The number of halogens is 3. The third kappa shape index (κ3) is 2.00. The highest BCUT2D eigenvalue weighted by Gasteiger charge is 2.37. The first kappa shape index (κ1) is 10.5. The second kappa shape index (κ2) is 3.55. The molecule has 0 saturated carbocycles. The number of benzene rings is 1. The largest absolute Gasteiger partial charge is 0.508 e. The Morgan fingerprint density at radius 3 is 2.56 bits per heavy atom. The molecule has 1 N–H and O–H groups in total. The number of alkyl halides is 3. The maximum absolute atomic E-state index is 12.2. The van der Waals surface area contributed by atoms with Crippen LogP contribution in [0.4, 0.5) is 13.2 Å². The lowest BCUT2D eigenvalue weighted by molar-refractivity contribution is -0.157. The van der Waals surface area contributed by atoms with Crippen molar-refractivity contribution in [3.05, 3.63) is 36.4 Å². The van der Waals surface area contributed by atoms with Gasteiger partial charge >= 0.3 is 12.1 Å². The first-order chi connectivity index (χ1) is 7.47. The minimum atomic E-state index is -4.60. The van der Waals surface area contributed by atoms with Crippen LogP contribution in [0.5, 0.6) is 5.75 Å². The van der Waals surface area contributed by atoms with Crippen molar-refractivity contribution < 1.29 is 22.7 Å². The van der Waals surface area contributed by atoms with E-state index in [2.05, 4.69) is 9.40 Å². The summed E-state index contributed by atoms with van der Waals surface area (Å²) in [4.78, 5) is 3.29. The van der Waals surface area contributed by atoms with Gasteiger partial charge in [0.15, 0.2) is 0 Å². The Labute approximate surface area is 88.2 Å². The molecule has 16 heavy (non-hydrogen) atoms. The van der Waals surface area contributed by atoms with Gasteiger partial charge in [0, 0.05) is 5.56 Å². The molecule has 1 heterocycles. The Balaban J connectivity index is 2.39. The maximum atomic E-state index is 12.2. The zero-order valence-corrected chi connectivity index (χ0v) is 7.82. The highest BCUT2D eigenvalue weighted by molar-refractivity contribution is 5.59. The van der Waals surface area contributed by atoms with Crippen LogP contribution in [-0.4, -0.2) is 10.1 Å². The molecule has 84 valence electrons. The molecule has 0 radical (unpaired) electrons. The molecular formula is C10H6F3NO2. The minimum Gasteiger partial charge on any atom is -0.508 e. The summed E-state index contributed by atoms with van der Waals surface area (Å²) in [5, 5.41) is 9.16. The molecule has 0 spiro atoms. The predicted molar refractivity (Wildman–Crippen MR) is 48.6 cm³/mol. The quantitative estimate of drug-likeness (QED) is 0.817. The second-order valence-corrected chi connectivity index (χ2v) is 3.09. The maximum Gasteiger partial charge on any atom is 0.468 e. The fourth-order valence-electron chi connectivity index (χ4n) is 1.20. The van der Waals surface area contributed by atoms with E-state index in [0.717, 1.165) is 6.26 Å². The summed E-state index contributed by atoms with van der Waals surface area (Å²) in [6.07, 6.45) is -3.70. The fourth-order valence-corrected chi connectivity index (χ4v) is 1.20. The van der Waals surface area contributed by atoms with Gasteiger partial charge in [-0.2, -0.15) is 13.2 Å². The van der Waals surface area contributed by atoms with Gasteiger partial charge in [-0.25, -0.2) is 4.98 Å². The lowest BCUT2D eigenvalue weighted by Crippen LogP contribution is -2.04. The third-order valence-corrected chi connectivity index (χ3v) is 1.89. The smallest absolute Gasteiger partial charge is 0.468 e. The highest BCUT2D eigenvalue weighted by atomic mass is 19.4. The van der Waals surface area contributed by atoms with Crippen LogP contribution in [0.2, 0.25) is 0 Å². The van der Waals surface area contributed by atoms with Gasteiger partial charge in [-0.05, 0) is 12.1 Å². The lowest BCUT2D eigenvalue weighted by Gasteiger charge is -1.98. The Morgan fingerprint density at radius 2 is 2.00 bits per heavy atom. The zero-order valence-electron chi connectivity index (χ0n) is 7.82. The second-order valence-electron chi connectivity index (χ2n) is 3.09. The molecule has 0 unspecified atom stereocenters. The van der Waals surface area contributed by atoms with Gasteiger partial charge in [0.05, 0.1) is 0 Å². The van der Waals surface area contributed by atoms with E-state index in [1.807, 2.05) is 0 Å². The molecule has 0 amide bonds. The zero-order chi connectivity index (χ0) is 11.8. The number of phenolic OH excluding ortho intramolecular Hbond substituents is 1. The normalized spacial score (nSPS) is 11.7. The van der Waals surface area contributed by atoms with Crippen LogP contribution in [0.1, 0.15) is 5.89 Å². The average Bonchev–Trinajstić information content (AvgIpc) is 2.65. The third-order valence-electron chi connectivity index (χ3n) is 1.89. The van der Waals surface area contributed by atoms with E-state index in [9.17, 15) is 13.2 Å². The van der Waals surface area contributed by atoms with Gasteiger partial charge in [0.1, 0.15) is 17.7 Å². The topological polar surface area (TPSA) is 46.3 Å². The molecule has 0 aliphatic carbocycles. The Kier molecular flexibility index (Phi) is 2.34. The molecule has 0 atom stereocenters. The van der Waals surface area contributed by atoms with Crippen molar-refractivity contribution in [1.82, 2.24) is 4.98 Å². The predicted octanol–water partition coefficient (Wildman–Crippen LogP) is 3.07. The summed E-state index contributed by atoms with van der Waals surface area (Å²) in [7, 11) is 0. The number of aromatic hydroxyl groups is 1. The first-order valence-electron chi connectivity index (χ1n) is 4.29. The number of hydrogen-bond acceptors (Lipinski definition) is 3. The molecule has 0 aliphatic rings. The molecule has 2 aromatic rings. The SMILES string of the molecule is Oc1cccc(-c2coc(C(F)(F)F)n2)c1. The van der Waals surface area contributed by atoms with Crippen molar-refractivity contribution in [1.29, 1.82) is 0 Å². The minimum absolute atomic E-state index is 0.0308. The van der Waals surface area contributed by atoms with Crippen LogP contribution in [0.25, 0.3) is 11.3 Å². The summed E-state index contributed by atoms with van der Waals surface area (Å²) < 4.78 is 40.9. The van der Waals surface area contributed by atoms with E-state index < -0.39 is 12.1 Å². The van der Waals surface area contributed by atoms with Gasteiger partial charge in [-0.15, -0.1) is 0 Å². The Hall–Kier alpha value is -1.98. The summed E-state index contributed by atoms with van der Waals surface area (Å²) in [5.41, 5.74) is 0.391. The number of aromatic nitrogens is 1. The average molecular weight is 229 g/mol. The van der Waals surface area contributed by atoms with Crippen molar-refractivity contribution in [2.45, 2.75) is 6.18 Å². The van der Waals surface area contributed by atoms with E-state index in [0.29, 0.717) is 5.56 Å². The molecule has 0 saturated heterocycles. The number of oxazole rings is 1.